The topological polar surface area (TPSA) is 41.1 Å². The zero-order valence-electron chi connectivity index (χ0n) is 13.2. The molecule has 0 unspecified atom stereocenters. The van der Waals surface area contributed by atoms with Gasteiger partial charge in [0.25, 0.3) is 5.91 Å². The molecule has 2 aromatic carbocycles. The summed E-state index contributed by atoms with van der Waals surface area (Å²) in [6, 6.07) is 12.7. The quantitative estimate of drug-likeness (QED) is 0.910. The van der Waals surface area contributed by atoms with Gasteiger partial charge in [-0.15, -0.1) is 0 Å². The van der Waals surface area contributed by atoms with Gasteiger partial charge in [-0.2, -0.15) is 0 Å². The standard InChI is InChI=1S/C19H21FN2O/c1-13-9-14(5-6-18(13)20)11-22-19(23)16-4-2-3-15(10-16)17-7-8-21-12-17/h2-6,9-10,17,21H,7-8,11-12H2,1H3,(H,22,23)/t17-/m0/s1. The number of carbonyl (C=O) groups is 1. The van der Waals surface area contributed by atoms with E-state index in [9.17, 15) is 9.18 Å². The highest BCUT2D eigenvalue weighted by atomic mass is 19.1. The molecule has 0 bridgehead atoms. The zero-order chi connectivity index (χ0) is 16.2. The number of rotatable bonds is 4. The zero-order valence-corrected chi connectivity index (χ0v) is 13.2. The summed E-state index contributed by atoms with van der Waals surface area (Å²) in [5, 5.41) is 6.25. The number of nitrogens with one attached hydrogen (secondary N) is 2. The third-order valence-electron chi connectivity index (χ3n) is 4.36. The highest BCUT2D eigenvalue weighted by Gasteiger charge is 2.17. The average Bonchev–Trinajstić information content (AvgIpc) is 3.10. The van der Waals surface area contributed by atoms with Crippen molar-refractivity contribution in [2.45, 2.75) is 25.8 Å². The maximum Gasteiger partial charge on any atom is 0.251 e. The van der Waals surface area contributed by atoms with Crippen LogP contribution in [-0.2, 0) is 6.54 Å². The Morgan fingerprint density at radius 2 is 2.17 bits per heavy atom. The molecule has 0 radical (unpaired) electrons. The van der Waals surface area contributed by atoms with Gasteiger partial charge < -0.3 is 10.6 Å². The van der Waals surface area contributed by atoms with E-state index in [4.69, 9.17) is 0 Å². The van der Waals surface area contributed by atoms with Crippen LogP contribution in [0.3, 0.4) is 0 Å². The Labute approximate surface area is 135 Å². The van der Waals surface area contributed by atoms with Crippen LogP contribution >= 0.6 is 0 Å². The van der Waals surface area contributed by atoms with Crippen LogP contribution in [0.2, 0.25) is 0 Å². The third kappa shape index (κ3) is 3.77. The first-order valence-electron chi connectivity index (χ1n) is 7.97. The van der Waals surface area contributed by atoms with Gasteiger partial charge in [-0.05, 0) is 60.7 Å². The molecular formula is C19H21FN2O. The lowest BCUT2D eigenvalue weighted by molar-refractivity contribution is 0.0951. The third-order valence-corrected chi connectivity index (χ3v) is 4.36. The van der Waals surface area contributed by atoms with E-state index >= 15 is 0 Å². The van der Waals surface area contributed by atoms with E-state index in [1.54, 1.807) is 19.1 Å². The number of carbonyl (C=O) groups excluding carboxylic acids is 1. The second-order valence-corrected chi connectivity index (χ2v) is 6.08. The molecule has 1 fully saturated rings. The molecule has 1 saturated heterocycles. The van der Waals surface area contributed by atoms with Gasteiger partial charge in [0.1, 0.15) is 5.82 Å². The minimum Gasteiger partial charge on any atom is -0.348 e. The van der Waals surface area contributed by atoms with Crippen molar-refractivity contribution in [2.75, 3.05) is 13.1 Å². The molecule has 1 atom stereocenters. The molecule has 1 aliphatic heterocycles. The molecule has 0 aromatic heterocycles. The summed E-state index contributed by atoms with van der Waals surface area (Å²) in [7, 11) is 0. The molecule has 1 heterocycles. The molecule has 3 rings (SSSR count). The average molecular weight is 312 g/mol. The largest absolute Gasteiger partial charge is 0.348 e. The Hall–Kier alpha value is -2.20. The fourth-order valence-electron chi connectivity index (χ4n) is 2.97. The molecule has 120 valence electrons. The van der Waals surface area contributed by atoms with Crippen LogP contribution in [0.5, 0.6) is 0 Å². The molecule has 3 nitrogen and oxygen atoms in total. The summed E-state index contributed by atoms with van der Waals surface area (Å²) in [4.78, 5) is 12.3. The minimum absolute atomic E-state index is 0.0974. The fourth-order valence-corrected chi connectivity index (χ4v) is 2.97. The van der Waals surface area contributed by atoms with Crippen LogP contribution in [-0.4, -0.2) is 19.0 Å². The van der Waals surface area contributed by atoms with Crippen molar-refractivity contribution in [1.29, 1.82) is 0 Å². The molecule has 0 spiro atoms. The predicted octanol–water partition coefficient (Wildman–Crippen LogP) is 3.14. The SMILES string of the molecule is Cc1cc(CNC(=O)c2cccc([C@H]3CCNC3)c2)ccc1F. The normalized spacial score (nSPS) is 17.2. The van der Waals surface area contributed by atoms with Crippen molar-refractivity contribution in [3.8, 4) is 0 Å². The van der Waals surface area contributed by atoms with Gasteiger partial charge in [-0.25, -0.2) is 4.39 Å². The summed E-state index contributed by atoms with van der Waals surface area (Å²) in [6.07, 6.45) is 1.11. The van der Waals surface area contributed by atoms with Crippen LogP contribution in [0.15, 0.2) is 42.5 Å². The van der Waals surface area contributed by atoms with E-state index in [-0.39, 0.29) is 11.7 Å². The van der Waals surface area contributed by atoms with Crippen molar-refractivity contribution in [2.24, 2.45) is 0 Å². The number of hydrogen-bond acceptors (Lipinski definition) is 2. The highest BCUT2D eigenvalue weighted by molar-refractivity contribution is 5.94. The van der Waals surface area contributed by atoms with Crippen LogP contribution in [0.1, 0.15) is 39.4 Å². The number of benzene rings is 2. The first-order chi connectivity index (χ1) is 11.1. The van der Waals surface area contributed by atoms with E-state index in [0.717, 1.165) is 25.1 Å². The van der Waals surface area contributed by atoms with E-state index in [0.29, 0.717) is 23.6 Å². The van der Waals surface area contributed by atoms with Crippen LogP contribution in [0, 0.1) is 12.7 Å². The lowest BCUT2D eigenvalue weighted by atomic mass is 9.96. The second kappa shape index (κ2) is 6.92. The number of aryl methyl sites for hydroxylation is 1. The highest BCUT2D eigenvalue weighted by Crippen LogP contribution is 2.23. The summed E-state index contributed by atoms with van der Waals surface area (Å²) in [6.45, 7) is 4.12. The maximum atomic E-state index is 13.3. The smallest absolute Gasteiger partial charge is 0.251 e. The summed E-state index contributed by atoms with van der Waals surface area (Å²) >= 11 is 0. The summed E-state index contributed by atoms with van der Waals surface area (Å²) in [5.41, 5.74) is 3.37. The molecular weight excluding hydrogens is 291 g/mol. The van der Waals surface area contributed by atoms with Crippen molar-refractivity contribution in [3.05, 3.63) is 70.5 Å². The van der Waals surface area contributed by atoms with Crippen molar-refractivity contribution in [3.63, 3.8) is 0 Å². The van der Waals surface area contributed by atoms with Gasteiger partial charge in [-0.1, -0.05) is 24.3 Å². The Balaban J connectivity index is 1.65. The van der Waals surface area contributed by atoms with E-state index in [1.807, 2.05) is 18.2 Å². The Kier molecular flexibility index (Phi) is 4.72. The Morgan fingerprint density at radius 3 is 2.91 bits per heavy atom. The molecule has 0 saturated carbocycles. The second-order valence-electron chi connectivity index (χ2n) is 6.08. The number of halogens is 1. The lowest BCUT2D eigenvalue weighted by Crippen LogP contribution is -2.23. The molecule has 2 aromatic rings. The van der Waals surface area contributed by atoms with Crippen molar-refractivity contribution in [1.82, 2.24) is 10.6 Å². The van der Waals surface area contributed by atoms with E-state index in [1.165, 1.54) is 11.6 Å². The van der Waals surface area contributed by atoms with Gasteiger partial charge in [0.05, 0.1) is 0 Å². The molecule has 4 heteroatoms. The lowest BCUT2D eigenvalue weighted by Gasteiger charge is -2.11. The van der Waals surface area contributed by atoms with E-state index < -0.39 is 0 Å². The molecule has 23 heavy (non-hydrogen) atoms. The molecule has 1 amide bonds. The maximum absolute atomic E-state index is 13.3. The van der Waals surface area contributed by atoms with Gasteiger partial charge in [-0.3, -0.25) is 4.79 Å². The van der Waals surface area contributed by atoms with E-state index in [2.05, 4.69) is 16.7 Å². The van der Waals surface area contributed by atoms with Crippen LogP contribution < -0.4 is 10.6 Å². The molecule has 0 aliphatic carbocycles. The number of hydrogen-bond donors (Lipinski definition) is 2. The predicted molar refractivity (Wildman–Crippen MR) is 89.0 cm³/mol. The van der Waals surface area contributed by atoms with Crippen molar-refractivity contribution >= 4 is 5.91 Å². The minimum atomic E-state index is -0.224. The van der Waals surface area contributed by atoms with Gasteiger partial charge in [0.15, 0.2) is 0 Å². The van der Waals surface area contributed by atoms with Crippen LogP contribution in [0.4, 0.5) is 4.39 Å². The Bertz CT molecular complexity index is 708. The summed E-state index contributed by atoms with van der Waals surface area (Å²) < 4.78 is 13.3. The van der Waals surface area contributed by atoms with Gasteiger partial charge >= 0.3 is 0 Å². The molecule has 1 aliphatic rings. The van der Waals surface area contributed by atoms with Crippen LogP contribution in [0.25, 0.3) is 0 Å². The van der Waals surface area contributed by atoms with Gasteiger partial charge in [0.2, 0.25) is 0 Å². The monoisotopic (exact) mass is 312 g/mol. The van der Waals surface area contributed by atoms with Crippen molar-refractivity contribution < 1.29 is 9.18 Å². The molecule has 2 N–H and O–H groups in total. The summed E-state index contributed by atoms with van der Waals surface area (Å²) in [5.74, 6) is 0.167. The Morgan fingerprint density at radius 1 is 1.30 bits per heavy atom. The van der Waals surface area contributed by atoms with Gasteiger partial charge in [0, 0.05) is 18.7 Å². The number of amides is 1. The first kappa shape index (κ1) is 15.7. The first-order valence-corrected chi connectivity index (χ1v) is 7.97. The fraction of sp³-hybridized carbons (Fsp3) is 0.316.